The van der Waals surface area contributed by atoms with Crippen LogP contribution in [0.5, 0.6) is 0 Å². The summed E-state index contributed by atoms with van der Waals surface area (Å²) in [6, 6.07) is 11.7. The lowest BCUT2D eigenvalue weighted by Gasteiger charge is -2.09. The molecule has 0 aliphatic rings. The lowest BCUT2D eigenvalue weighted by Crippen LogP contribution is -2.28. The normalized spacial score (nSPS) is 12.5. The summed E-state index contributed by atoms with van der Waals surface area (Å²) in [6.45, 7) is 1.61. The van der Waals surface area contributed by atoms with Crippen molar-refractivity contribution >= 4 is 17.3 Å². The molecule has 0 aliphatic carbocycles. The van der Waals surface area contributed by atoms with E-state index in [-0.39, 0.29) is 12.3 Å². The smallest absolute Gasteiger partial charge is 0.398 e. The van der Waals surface area contributed by atoms with Gasteiger partial charge in [-0.25, -0.2) is 0 Å². The molecule has 2 aromatic rings. The Balaban J connectivity index is 2.12. The highest BCUT2D eigenvalue weighted by molar-refractivity contribution is 6.45. The molecule has 9 heteroatoms. The Hall–Kier alpha value is -3.36. The predicted octanol–water partition coefficient (Wildman–Crippen LogP) is 3.74. The maximum absolute atomic E-state index is 12.8. The van der Waals surface area contributed by atoms with Crippen LogP contribution in [0, 0.1) is 0 Å². The van der Waals surface area contributed by atoms with Gasteiger partial charge in [0.1, 0.15) is 13.7 Å². The summed E-state index contributed by atoms with van der Waals surface area (Å²) in [5.41, 5.74) is 1.17. The van der Waals surface area contributed by atoms with Crippen molar-refractivity contribution in [2.24, 2.45) is 10.3 Å². The number of nitrogens with zero attached hydrogens (tertiary/aromatic N) is 2. The van der Waals surface area contributed by atoms with Crippen molar-refractivity contribution in [2.45, 2.75) is 19.7 Å². The number of rotatable bonds is 7. The summed E-state index contributed by atoms with van der Waals surface area (Å²) in [5.74, 6) is -0.414. The van der Waals surface area contributed by atoms with Gasteiger partial charge in [-0.15, -0.1) is 0 Å². The van der Waals surface area contributed by atoms with Crippen molar-refractivity contribution in [3.63, 3.8) is 0 Å². The molecule has 0 fully saturated rings. The lowest BCUT2D eigenvalue weighted by atomic mass is 10.1. The standard InChI is InChI=1S/C20H20F3N3O3/c1-13(15-7-5-9-17(11-15)20(21,22)23)25-29-12-14-6-4-8-16(10-14)18(26-28-3)19(27)24-2/h4-11H,12H2,1-3H3,(H,24,27)/b25-13+,26-18+. The SMILES string of the molecule is CNC(=O)/C(=N/OC)c1cccc(CO/N=C(\C)c2cccc(C(F)(F)F)c2)c1. The van der Waals surface area contributed by atoms with E-state index in [1.165, 1.54) is 26.3 Å². The third kappa shape index (κ3) is 6.06. The highest BCUT2D eigenvalue weighted by Gasteiger charge is 2.30. The second-order valence-corrected chi connectivity index (χ2v) is 5.93. The van der Waals surface area contributed by atoms with Crippen molar-refractivity contribution < 1.29 is 27.6 Å². The van der Waals surface area contributed by atoms with Crippen LogP contribution in [0.15, 0.2) is 58.8 Å². The highest BCUT2D eigenvalue weighted by atomic mass is 19.4. The Morgan fingerprint density at radius 2 is 1.76 bits per heavy atom. The molecule has 0 bridgehead atoms. The third-order valence-corrected chi connectivity index (χ3v) is 3.87. The zero-order chi connectivity index (χ0) is 21.4. The van der Waals surface area contributed by atoms with E-state index in [4.69, 9.17) is 9.68 Å². The molecule has 0 unspecified atom stereocenters. The van der Waals surface area contributed by atoms with Gasteiger partial charge in [0.15, 0.2) is 5.71 Å². The van der Waals surface area contributed by atoms with Crippen LogP contribution in [0.3, 0.4) is 0 Å². The number of hydrogen-bond acceptors (Lipinski definition) is 5. The predicted molar refractivity (Wildman–Crippen MR) is 102 cm³/mol. The number of hydrogen-bond donors (Lipinski definition) is 1. The van der Waals surface area contributed by atoms with Gasteiger partial charge in [-0.05, 0) is 36.2 Å². The number of alkyl halides is 3. The number of nitrogens with one attached hydrogen (secondary N) is 1. The number of carbonyl (C=O) groups is 1. The molecule has 2 rings (SSSR count). The maximum atomic E-state index is 12.8. The van der Waals surface area contributed by atoms with E-state index in [1.54, 1.807) is 31.2 Å². The van der Waals surface area contributed by atoms with Crippen molar-refractivity contribution in [1.82, 2.24) is 5.32 Å². The molecule has 0 saturated carbocycles. The van der Waals surface area contributed by atoms with E-state index in [9.17, 15) is 18.0 Å². The molecule has 0 spiro atoms. The van der Waals surface area contributed by atoms with E-state index < -0.39 is 17.6 Å². The first kappa shape index (κ1) is 21.9. The van der Waals surface area contributed by atoms with Gasteiger partial charge in [0.05, 0.1) is 11.3 Å². The molecule has 154 valence electrons. The largest absolute Gasteiger partial charge is 0.416 e. The first-order chi connectivity index (χ1) is 13.8. The minimum absolute atomic E-state index is 0.0537. The van der Waals surface area contributed by atoms with Crippen LogP contribution >= 0.6 is 0 Å². The average molecular weight is 407 g/mol. The molecule has 29 heavy (non-hydrogen) atoms. The number of oxime groups is 2. The summed E-state index contributed by atoms with van der Waals surface area (Å²) < 4.78 is 38.5. The fourth-order valence-electron chi connectivity index (χ4n) is 2.42. The minimum Gasteiger partial charge on any atom is -0.398 e. The van der Waals surface area contributed by atoms with E-state index >= 15 is 0 Å². The van der Waals surface area contributed by atoms with E-state index in [1.807, 2.05) is 0 Å². The monoisotopic (exact) mass is 407 g/mol. The zero-order valence-corrected chi connectivity index (χ0v) is 16.1. The van der Waals surface area contributed by atoms with Crippen LogP contribution < -0.4 is 5.32 Å². The van der Waals surface area contributed by atoms with Gasteiger partial charge in [0.25, 0.3) is 5.91 Å². The van der Waals surface area contributed by atoms with Gasteiger partial charge in [-0.1, -0.05) is 40.6 Å². The summed E-state index contributed by atoms with van der Waals surface area (Å²) in [6.07, 6.45) is -4.43. The number of likely N-dealkylation sites (N-methyl/N-ethyl adjacent to an activating group) is 1. The van der Waals surface area contributed by atoms with Gasteiger partial charge >= 0.3 is 6.18 Å². The molecule has 6 nitrogen and oxygen atoms in total. The van der Waals surface area contributed by atoms with Crippen LogP contribution in [0.25, 0.3) is 0 Å². The van der Waals surface area contributed by atoms with Crippen molar-refractivity contribution in [2.75, 3.05) is 14.2 Å². The molecular weight excluding hydrogens is 387 g/mol. The number of benzene rings is 2. The average Bonchev–Trinajstić information content (AvgIpc) is 2.71. The Bertz CT molecular complexity index is 924. The molecule has 0 aromatic heterocycles. The van der Waals surface area contributed by atoms with Gasteiger partial charge in [-0.3, -0.25) is 4.79 Å². The molecule has 1 amide bonds. The lowest BCUT2D eigenvalue weighted by molar-refractivity contribution is -0.137. The molecule has 0 atom stereocenters. The topological polar surface area (TPSA) is 72.3 Å². The van der Waals surface area contributed by atoms with Crippen molar-refractivity contribution in [3.8, 4) is 0 Å². The molecular formula is C20H20F3N3O3. The van der Waals surface area contributed by atoms with Crippen molar-refractivity contribution in [1.29, 1.82) is 0 Å². The Labute approximate surface area is 166 Å². The quantitative estimate of drug-likeness (QED) is 0.561. The van der Waals surface area contributed by atoms with Crippen LogP contribution in [0.1, 0.15) is 29.2 Å². The summed E-state index contributed by atoms with van der Waals surface area (Å²) in [4.78, 5) is 21.9. The highest BCUT2D eigenvalue weighted by Crippen LogP contribution is 2.29. The minimum atomic E-state index is -4.43. The molecule has 0 radical (unpaired) electrons. The van der Waals surface area contributed by atoms with Gasteiger partial charge in [0.2, 0.25) is 0 Å². The van der Waals surface area contributed by atoms with Crippen LogP contribution in [-0.4, -0.2) is 31.5 Å². The molecule has 0 aliphatic heterocycles. The number of amides is 1. The summed E-state index contributed by atoms with van der Waals surface area (Å²) >= 11 is 0. The first-order valence-corrected chi connectivity index (χ1v) is 8.53. The van der Waals surface area contributed by atoms with Crippen LogP contribution in [0.2, 0.25) is 0 Å². The molecule has 0 heterocycles. The van der Waals surface area contributed by atoms with Crippen molar-refractivity contribution in [3.05, 3.63) is 70.8 Å². The molecule has 2 aromatic carbocycles. The van der Waals surface area contributed by atoms with E-state index in [0.717, 1.165) is 12.1 Å². The summed E-state index contributed by atoms with van der Waals surface area (Å²) in [5, 5.41) is 10.1. The number of carbonyl (C=O) groups excluding carboxylic acids is 1. The fourth-order valence-corrected chi connectivity index (χ4v) is 2.42. The Morgan fingerprint density at radius 1 is 1.07 bits per heavy atom. The molecule has 0 saturated heterocycles. The Kier molecular flexibility index (Phi) is 7.35. The zero-order valence-electron chi connectivity index (χ0n) is 16.1. The maximum Gasteiger partial charge on any atom is 0.416 e. The van der Waals surface area contributed by atoms with Crippen LogP contribution in [0.4, 0.5) is 13.2 Å². The second kappa shape index (κ2) is 9.72. The first-order valence-electron chi connectivity index (χ1n) is 8.53. The summed E-state index contributed by atoms with van der Waals surface area (Å²) in [7, 11) is 2.81. The van der Waals surface area contributed by atoms with E-state index in [0.29, 0.717) is 22.4 Å². The van der Waals surface area contributed by atoms with E-state index in [2.05, 4.69) is 15.6 Å². The fraction of sp³-hybridized carbons (Fsp3) is 0.250. The molecule has 1 N–H and O–H groups in total. The van der Waals surface area contributed by atoms with Crippen LogP contribution in [-0.2, 0) is 27.3 Å². The third-order valence-electron chi connectivity index (χ3n) is 3.87. The van der Waals surface area contributed by atoms with Gasteiger partial charge in [-0.2, -0.15) is 13.2 Å². The Morgan fingerprint density at radius 3 is 2.41 bits per heavy atom. The van der Waals surface area contributed by atoms with Gasteiger partial charge < -0.3 is 15.0 Å². The second-order valence-electron chi connectivity index (χ2n) is 5.93. The van der Waals surface area contributed by atoms with Gasteiger partial charge in [0, 0.05) is 12.6 Å². The number of halogens is 3.